The zero-order valence-electron chi connectivity index (χ0n) is 36.5. The first-order valence-electron chi connectivity index (χ1n) is 23.2. The number of ether oxygens (including phenoxy) is 8. The zero-order valence-corrected chi connectivity index (χ0v) is 36.5. The fraction of sp³-hybridized carbons (Fsp3) is 0.956. The molecule has 0 aromatic rings. The first kappa shape index (κ1) is 45.3. The molecule has 348 valence electrons. The Morgan fingerprint density at radius 2 is 1.34 bits per heavy atom. The normalized spacial score (nSPS) is 58.4. The monoisotopic (exact) mass is 868 g/mol. The molecule has 8 fully saturated rings. The first-order chi connectivity index (χ1) is 28.9. The highest BCUT2D eigenvalue weighted by Gasteiger charge is 2.69. The summed E-state index contributed by atoms with van der Waals surface area (Å²) < 4.78 is 50.1. The average Bonchev–Trinajstić information content (AvgIpc) is 3.69. The van der Waals surface area contributed by atoms with Gasteiger partial charge in [0.2, 0.25) is 0 Å². The van der Waals surface area contributed by atoms with Crippen molar-refractivity contribution in [2.75, 3.05) is 13.2 Å². The van der Waals surface area contributed by atoms with Gasteiger partial charge in [-0.25, -0.2) is 0 Å². The van der Waals surface area contributed by atoms with Gasteiger partial charge >= 0.3 is 0 Å². The van der Waals surface area contributed by atoms with E-state index < -0.39 is 105 Å². The predicted molar refractivity (Wildman–Crippen MR) is 213 cm³/mol. The fourth-order valence-electron chi connectivity index (χ4n) is 14.0. The van der Waals surface area contributed by atoms with Crippen LogP contribution in [0, 0.1) is 46.3 Å². The van der Waals surface area contributed by atoms with Crippen LogP contribution in [-0.2, 0) is 37.9 Å². The molecular weight excluding hydrogens is 796 g/mol. The summed E-state index contributed by atoms with van der Waals surface area (Å²) >= 11 is 0. The minimum atomic E-state index is -1.71. The molecule has 5 heterocycles. The molecule has 5 saturated heterocycles. The van der Waals surface area contributed by atoms with Gasteiger partial charge in [0, 0.05) is 12.3 Å². The Morgan fingerprint density at radius 1 is 0.689 bits per heavy atom. The summed E-state index contributed by atoms with van der Waals surface area (Å²) in [7, 11) is 0. The average molecular weight is 869 g/mol. The molecule has 1 spiro atoms. The standard InChI is InChI=1S/C45H72O16/c1-19-9-14-45(54-18-19)20(2)30-28(61-45)16-27-25-8-7-23-15-24(10-12-43(23,5)26(25)11-13-44(27,30)6)57-42-39(60-41-36(52)34(50)32(48)22(4)56-41)37(53)38(29(17-46)58-42)59-40-35(51)33(49)31(47)21(3)55-40/h7,19-22,24-42,46-53H,8-18H2,1-6H3/t19-,20+,21+,22+,24+,25-,26+,27-,28+,29-,30+,31+,32+,33-,34-,35-,36+,37+,38-,39-,40+,41+,42-,43+,44+,45-/m1/s1. The lowest BCUT2D eigenvalue weighted by Crippen LogP contribution is -2.66. The van der Waals surface area contributed by atoms with Crippen LogP contribution in [0.4, 0.5) is 0 Å². The predicted octanol–water partition coefficient (Wildman–Crippen LogP) is 1.24. The molecule has 0 bridgehead atoms. The molecule has 0 radical (unpaired) electrons. The molecule has 0 aromatic carbocycles. The second kappa shape index (κ2) is 16.8. The minimum absolute atomic E-state index is 0.0171. The van der Waals surface area contributed by atoms with Crippen molar-refractivity contribution in [1.29, 1.82) is 0 Å². The molecule has 0 amide bonds. The van der Waals surface area contributed by atoms with Crippen LogP contribution in [0.15, 0.2) is 11.6 Å². The molecule has 3 saturated carbocycles. The minimum Gasteiger partial charge on any atom is -0.394 e. The van der Waals surface area contributed by atoms with Crippen molar-refractivity contribution in [3.8, 4) is 0 Å². The molecule has 0 aromatic heterocycles. The van der Waals surface area contributed by atoms with Gasteiger partial charge in [-0.05, 0) is 106 Å². The second-order valence-corrected chi connectivity index (χ2v) is 21.1. The number of hydrogen-bond donors (Lipinski definition) is 8. The Balaban J connectivity index is 0.916. The quantitative estimate of drug-likeness (QED) is 0.168. The molecule has 4 aliphatic carbocycles. The molecule has 0 unspecified atom stereocenters. The summed E-state index contributed by atoms with van der Waals surface area (Å²) in [6.07, 6.45) is -10.4. The van der Waals surface area contributed by atoms with Gasteiger partial charge in [-0.15, -0.1) is 0 Å². The van der Waals surface area contributed by atoms with E-state index in [1.807, 2.05) is 0 Å². The smallest absolute Gasteiger partial charge is 0.187 e. The highest BCUT2D eigenvalue weighted by molar-refractivity contribution is 5.26. The number of hydrogen-bond acceptors (Lipinski definition) is 16. The van der Waals surface area contributed by atoms with Gasteiger partial charge in [-0.3, -0.25) is 0 Å². The van der Waals surface area contributed by atoms with E-state index in [4.69, 9.17) is 37.9 Å². The van der Waals surface area contributed by atoms with Gasteiger partial charge in [0.15, 0.2) is 24.7 Å². The van der Waals surface area contributed by atoms with Crippen LogP contribution < -0.4 is 0 Å². The summed E-state index contributed by atoms with van der Waals surface area (Å²) in [6, 6.07) is 0. The lowest BCUT2D eigenvalue weighted by Gasteiger charge is -2.58. The number of aliphatic hydroxyl groups is 8. The van der Waals surface area contributed by atoms with Gasteiger partial charge < -0.3 is 78.7 Å². The first-order valence-corrected chi connectivity index (χ1v) is 23.2. The maximum absolute atomic E-state index is 12.0. The maximum Gasteiger partial charge on any atom is 0.187 e. The zero-order chi connectivity index (χ0) is 43.5. The summed E-state index contributed by atoms with van der Waals surface area (Å²) in [6.45, 7) is 12.7. The van der Waals surface area contributed by atoms with E-state index in [2.05, 4.69) is 33.8 Å². The van der Waals surface area contributed by atoms with Crippen LogP contribution in [0.2, 0.25) is 0 Å². The molecule has 26 atom stereocenters. The largest absolute Gasteiger partial charge is 0.394 e. The van der Waals surface area contributed by atoms with Crippen LogP contribution in [0.3, 0.4) is 0 Å². The third-order valence-electron chi connectivity index (χ3n) is 17.6. The number of fused-ring (bicyclic) bond motifs is 7. The molecule has 9 rings (SSSR count). The van der Waals surface area contributed by atoms with Crippen molar-refractivity contribution in [1.82, 2.24) is 0 Å². The van der Waals surface area contributed by atoms with E-state index in [0.29, 0.717) is 48.3 Å². The molecule has 16 heteroatoms. The third kappa shape index (κ3) is 7.42. The maximum atomic E-state index is 12.0. The molecule has 9 aliphatic rings. The van der Waals surface area contributed by atoms with Gasteiger partial charge in [0.05, 0.1) is 37.6 Å². The fourth-order valence-corrected chi connectivity index (χ4v) is 14.0. The molecule has 8 N–H and O–H groups in total. The van der Waals surface area contributed by atoms with Gasteiger partial charge in [-0.2, -0.15) is 0 Å². The Bertz CT molecular complexity index is 1590. The lowest BCUT2D eigenvalue weighted by atomic mass is 9.47. The highest BCUT2D eigenvalue weighted by atomic mass is 16.8. The molecule has 61 heavy (non-hydrogen) atoms. The second-order valence-electron chi connectivity index (χ2n) is 21.1. The van der Waals surface area contributed by atoms with E-state index in [9.17, 15) is 40.9 Å². The summed E-state index contributed by atoms with van der Waals surface area (Å²) in [5, 5.41) is 85.9. The van der Waals surface area contributed by atoms with Crippen LogP contribution in [0.1, 0.15) is 99.3 Å². The molecular formula is C45H72O16. The van der Waals surface area contributed by atoms with E-state index in [-0.39, 0.29) is 23.0 Å². The number of aliphatic hydroxyl groups excluding tert-OH is 8. The Labute approximate surface area is 358 Å². The van der Waals surface area contributed by atoms with E-state index in [1.165, 1.54) is 25.8 Å². The Morgan fingerprint density at radius 3 is 1.97 bits per heavy atom. The summed E-state index contributed by atoms with van der Waals surface area (Å²) in [5.41, 5.74) is 1.53. The molecule has 5 aliphatic heterocycles. The highest BCUT2D eigenvalue weighted by Crippen LogP contribution is 2.70. The van der Waals surface area contributed by atoms with Crippen molar-refractivity contribution in [3.63, 3.8) is 0 Å². The van der Waals surface area contributed by atoms with E-state index in [0.717, 1.165) is 45.1 Å². The van der Waals surface area contributed by atoms with Crippen LogP contribution >= 0.6 is 0 Å². The number of allylic oxidation sites excluding steroid dienone is 1. The van der Waals surface area contributed by atoms with Crippen molar-refractivity contribution in [2.45, 2.75) is 209 Å². The SMILES string of the molecule is C[C@@H]1CC[C@@]2(OC1)O[C@H]1C[C@@H]3[C@@H]4CC=C5C[C@@H](O[C@@H]6O[C@H](CO)[C@@H](O[C@@H]7O[C@@H](C)[C@H](O)[C@@H](O)[C@H]7O)[C@H](O)[C@H]6O[C@@H]6O[C@@H](C)[C@H](O)[C@@H](O)[C@@H]6O)CC[C@]5(C)[C@H]4CC[C@]3(C)[C@H]1[C@@H]2C. The van der Waals surface area contributed by atoms with Crippen molar-refractivity contribution >= 4 is 0 Å². The third-order valence-corrected chi connectivity index (χ3v) is 17.6. The Kier molecular flexibility index (Phi) is 12.4. The lowest BCUT2D eigenvalue weighted by molar-refractivity contribution is -0.388. The van der Waals surface area contributed by atoms with E-state index in [1.54, 1.807) is 0 Å². The van der Waals surface area contributed by atoms with Crippen molar-refractivity contribution < 1.29 is 78.7 Å². The molecule has 16 nitrogen and oxygen atoms in total. The number of rotatable bonds is 7. The van der Waals surface area contributed by atoms with Crippen molar-refractivity contribution in [3.05, 3.63) is 11.6 Å². The van der Waals surface area contributed by atoms with Crippen LogP contribution in [0.25, 0.3) is 0 Å². The van der Waals surface area contributed by atoms with Gasteiger partial charge in [0.1, 0.15) is 61.0 Å². The van der Waals surface area contributed by atoms with Gasteiger partial charge in [0.25, 0.3) is 0 Å². The van der Waals surface area contributed by atoms with Crippen LogP contribution in [-0.4, -0.2) is 164 Å². The topological polar surface area (TPSA) is 236 Å². The van der Waals surface area contributed by atoms with Gasteiger partial charge in [-0.1, -0.05) is 39.3 Å². The summed E-state index contributed by atoms with van der Waals surface area (Å²) in [4.78, 5) is 0. The van der Waals surface area contributed by atoms with Crippen LogP contribution in [0.5, 0.6) is 0 Å². The summed E-state index contributed by atoms with van der Waals surface area (Å²) in [5.74, 6) is 2.64. The van der Waals surface area contributed by atoms with Crippen molar-refractivity contribution in [2.24, 2.45) is 46.3 Å². The van der Waals surface area contributed by atoms with E-state index >= 15 is 0 Å². The Hall–Kier alpha value is -0.900.